The van der Waals surface area contributed by atoms with Gasteiger partial charge in [-0.25, -0.2) is 8.42 Å². The molecule has 0 spiro atoms. The number of sulfonamides is 1. The molecule has 1 heterocycles. The molecule has 2 aromatic carbocycles. The van der Waals surface area contributed by atoms with Crippen molar-refractivity contribution in [2.75, 3.05) is 19.6 Å². The Bertz CT molecular complexity index is 854. The molecule has 6 heteroatoms. The highest BCUT2D eigenvalue weighted by molar-refractivity contribution is 7.89. The van der Waals surface area contributed by atoms with Gasteiger partial charge in [-0.3, -0.25) is 4.79 Å². The first-order chi connectivity index (χ1) is 13.0. The van der Waals surface area contributed by atoms with Crippen molar-refractivity contribution in [3.63, 3.8) is 0 Å². The Kier molecular flexibility index (Phi) is 6.29. The first-order valence-corrected chi connectivity index (χ1v) is 10.8. The van der Waals surface area contributed by atoms with Crippen molar-refractivity contribution in [3.05, 3.63) is 66.2 Å². The lowest BCUT2D eigenvalue weighted by molar-refractivity contribution is -0.137. The second-order valence-corrected chi connectivity index (χ2v) is 8.79. The number of carbonyl (C=O) groups excluding carboxylic acids is 1. The largest absolute Gasteiger partial charge is 0.338 e. The van der Waals surface area contributed by atoms with E-state index in [1.165, 1.54) is 4.31 Å². The Balaban J connectivity index is 1.72. The monoisotopic (exact) mass is 386 g/mol. The molecule has 0 radical (unpaired) electrons. The summed E-state index contributed by atoms with van der Waals surface area (Å²) in [5.41, 5.74) is 1.08. The Hall–Kier alpha value is -2.18. The Labute approximate surface area is 161 Å². The van der Waals surface area contributed by atoms with E-state index in [1.807, 2.05) is 42.2 Å². The minimum atomic E-state index is -3.56. The van der Waals surface area contributed by atoms with E-state index in [9.17, 15) is 13.2 Å². The van der Waals surface area contributed by atoms with Gasteiger partial charge < -0.3 is 4.90 Å². The van der Waals surface area contributed by atoms with Crippen LogP contribution in [0, 0.1) is 5.92 Å². The van der Waals surface area contributed by atoms with E-state index in [1.54, 1.807) is 30.3 Å². The summed E-state index contributed by atoms with van der Waals surface area (Å²) >= 11 is 0. The summed E-state index contributed by atoms with van der Waals surface area (Å²) in [4.78, 5) is 15.2. The summed E-state index contributed by atoms with van der Waals surface area (Å²) in [5.74, 6) is -0.254. The van der Waals surface area contributed by atoms with Crippen molar-refractivity contribution in [3.8, 4) is 0 Å². The minimum Gasteiger partial charge on any atom is -0.338 e. The number of hydrogen-bond donors (Lipinski definition) is 0. The number of carbonyl (C=O) groups is 1. The SMILES string of the molecule is CCN(Cc1ccccc1)C(=O)C1CCCN(S(=O)(=O)c2ccccc2)C1. The van der Waals surface area contributed by atoms with Crippen molar-refractivity contribution < 1.29 is 13.2 Å². The predicted molar refractivity (Wildman–Crippen MR) is 105 cm³/mol. The molecule has 0 aliphatic carbocycles. The van der Waals surface area contributed by atoms with E-state index in [4.69, 9.17) is 0 Å². The molecular formula is C21H26N2O3S. The van der Waals surface area contributed by atoms with Crippen LogP contribution in [0.3, 0.4) is 0 Å². The molecule has 2 aromatic rings. The predicted octanol–water partition coefficient (Wildman–Crippen LogP) is 3.14. The van der Waals surface area contributed by atoms with E-state index in [-0.39, 0.29) is 23.3 Å². The molecule has 0 N–H and O–H groups in total. The van der Waals surface area contributed by atoms with Crippen molar-refractivity contribution in [2.24, 2.45) is 5.92 Å². The van der Waals surface area contributed by atoms with Crippen LogP contribution in [0.15, 0.2) is 65.6 Å². The average molecular weight is 387 g/mol. The van der Waals surface area contributed by atoms with Gasteiger partial charge in [0.25, 0.3) is 0 Å². The van der Waals surface area contributed by atoms with Gasteiger partial charge in [0.15, 0.2) is 0 Å². The highest BCUT2D eigenvalue weighted by Crippen LogP contribution is 2.25. The first kappa shape index (κ1) is 19.6. The van der Waals surface area contributed by atoms with Crippen LogP contribution in [0.4, 0.5) is 0 Å². The fourth-order valence-electron chi connectivity index (χ4n) is 3.51. The van der Waals surface area contributed by atoms with Gasteiger partial charge in [-0.15, -0.1) is 0 Å². The fraction of sp³-hybridized carbons (Fsp3) is 0.381. The van der Waals surface area contributed by atoms with E-state index in [0.29, 0.717) is 26.1 Å². The van der Waals surface area contributed by atoms with Gasteiger partial charge in [-0.1, -0.05) is 48.5 Å². The van der Waals surface area contributed by atoms with E-state index < -0.39 is 10.0 Å². The maximum Gasteiger partial charge on any atom is 0.243 e. The quantitative estimate of drug-likeness (QED) is 0.766. The molecule has 1 saturated heterocycles. The number of nitrogens with zero attached hydrogens (tertiary/aromatic N) is 2. The van der Waals surface area contributed by atoms with Gasteiger partial charge in [0.2, 0.25) is 15.9 Å². The molecule has 0 aromatic heterocycles. The van der Waals surface area contributed by atoms with Gasteiger partial charge in [0.1, 0.15) is 0 Å². The molecule has 1 fully saturated rings. The second kappa shape index (κ2) is 8.67. The van der Waals surface area contributed by atoms with Crippen LogP contribution >= 0.6 is 0 Å². The lowest BCUT2D eigenvalue weighted by Crippen LogP contribution is -2.46. The zero-order chi connectivity index (χ0) is 19.3. The van der Waals surface area contributed by atoms with Crippen molar-refractivity contribution >= 4 is 15.9 Å². The van der Waals surface area contributed by atoms with Crippen LogP contribution in [-0.4, -0.2) is 43.2 Å². The first-order valence-electron chi connectivity index (χ1n) is 9.40. The summed E-state index contributed by atoms with van der Waals surface area (Å²) in [5, 5.41) is 0. The highest BCUT2D eigenvalue weighted by Gasteiger charge is 2.34. The third kappa shape index (κ3) is 4.57. The molecule has 5 nitrogen and oxygen atoms in total. The Morgan fingerprint density at radius 1 is 1.07 bits per heavy atom. The number of benzene rings is 2. The van der Waals surface area contributed by atoms with Gasteiger partial charge >= 0.3 is 0 Å². The molecule has 0 bridgehead atoms. The Morgan fingerprint density at radius 3 is 2.33 bits per heavy atom. The van der Waals surface area contributed by atoms with Crippen LogP contribution in [0.1, 0.15) is 25.3 Å². The van der Waals surface area contributed by atoms with Crippen LogP contribution < -0.4 is 0 Å². The third-order valence-corrected chi connectivity index (χ3v) is 6.90. The molecule has 1 atom stereocenters. The normalized spacial score (nSPS) is 18.2. The zero-order valence-electron chi connectivity index (χ0n) is 15.6. The van der Waals surface area contributed by atoms with Crippen LogP contribution in [0.5, 0.6) is 0 Å². The van der Waals surface area contributed by atoms with Crippen LogP contribution in [0.2, 0.25) is 0 Å². The molecule has 1 unspecified atom stereocenters. The minimum absolute atomic E-state index is 0.0364. The van der Waals surface area contributed by atoms with Crippen LogP contribution in [-0.2, 0) is 21.4 Å². The molecule has 3 rings (SSSR count). The smallest absolute Gasteiger partial charge is 0.243 e. The van der Waals surface area contributed by atoms with E-state index in [2.05, 4.69) is 0 Å². The van der Waals surface area contributed by atoms with Gasteiger partial charge in [-0.2, -0.15) is 4.31 Å². The topological polar surface area (TPSA) is 57.7 Å². The number of piperidine rings is 1. The standard InChI is InChI=1S/C21H26N2O3S/c1-2-22(16-18-10-5-3-6-11-18)21(24)19-12-9-15-23(17-19)27(25,26)20-13-7-4-8-14-20/h3-8,10-11,13-14,19H,2,9,12,15-17H2,1H3. The molecule has 0 saturated carbocycles. The Morgan fingerprint density at radius 2 is 1.70 bits per heavy atom. The lowest BCUT2D eigenvalue weighted by Gasteiger charge is -2.34. The lowest BCUT2D eigenvalue weighted by atomic mass is 9.98. The molecule has 1 amide bonds. The number of amides is 1. The number of rotatable bonds is 6. The average Bonchev–Trinajstić information content (AvgIpc) is 2.73. The van der Waals surface area contributed by atoms with E-state index in [0.717, 1.165) is 12.0 Å². The summed E-state index contributed by atoms with van der Waals surface area (Å²) in [6.45, 7) is 3.84. The summed E-state index contributed by atoms with van der Waals surface area (Å²) < 4.78 is 27.2. The fourth-order valence-corrected chi connectivity index (χ4v) is 5.06. The summed E-state index contributed by atoms with van der Waals surface area (Å²) in [6, 6.07) is 18.3. The van der Waals surface area contributed by atoms with Gasteiger partial charge in [-0.05, 0) is 37.5 Å². The summed E-state index contributed by atoms with van der Waals surface area (Å²) in [6.07, 6.45) is 1.43. The van der Waals surface area contributed by atoms with Crippen molar-refractivity contribution in [2.45, 2.75) is 31.2 Å². The zero-order valence-corrected chi connectivity index (χ0v) is 16.4. The van der Waals surface area contributed by atoms with Crippen molar-refractivity contribution in [1.29, 1.82) is 0 Å². The summed E-state index contributed by atoms with van der Waals surface area (Å²) in [7, 11) is -3.56. The van der Waals surface area contributed by atoms with Crippen LogP contribution in [0.25, 0.3) is 0 Å². The maximum absolute atomic E-state index is 13.0. The molecule has 1 aliphatic rings. The second-order valence-electron chi connectivity index (χ2n) is 6.85. The molecular weight excluding hydrogens is 360 g/mol. The molecule has 144 valence electrons. The molecule has 27 heavy (non-hydrogen) atoms. The number of hydrogen-bond acceptors (Lipinski definition) is 3. The third-order valence-electron chi connectivity index (χ3n) is 5.02. The van der Waals surface area contributed by atoms with Gasteiger partial charge in [0.05, 0.1) is 10.8 Å². The van der Waals surface area contributed by atoms with Gasteiger partial charge in [0, 0.05) is 26.2 Å². The van der Waals surface area contributed by atoms with Crippen molar-refractivity contribution in [1.82, 2.24) is 9.21 Å². The highest BCUT2D eigenvalue weighted by atomic mass is 32.2. The maximum atomic E-state index is 13.0. The molecule has 1 aliphatic heterocycles. The van der Waals surface area contributed by atoms with E-state index >= 15 is 0 Å².